The molecular weight excluding hydrogens is 332 g/mol. The minimum absolute atomic E-state index is 0.0740. The van der Waals surface area contributed by atoms with Crippen LogP contribution in [-0.2, 0) is 16.6 Å². The maximum Gasteiger partial charge on any atom is 0.250 e. The third-order valence-electron chi connectivity index (χ3n) is 2.31. The van der Waals surface area contributed by atoms with Crippen molar-refractivity contribution < 1.29 is 12.8 Å². The lowest BCUT2D eigenvalue weighted by Crippen LogP contribution is -2.23. The predicted octanol–water partition coefficient (Wildman–Crippen LogP) is 3.67. The Labute approximate surface area is 124 Å². The molecule has 0 atom stereocenters. The number of benzene rings is 1. The molecule has 1 aromatic carbocycles. The van der Waals surface area contributed by atoms with Gasteiger partial charge in [0.1, 0.15) is 10.0 Å². The molecule has 0 aliphatic rings. The number of rotatable bonds is 4. The molecular formula is C11H8Cl2FNO2S2. The van der Waals surface area contributed by atoms with Crippen LogP contribution in [0.3, 0.4) is 0 Å². The highest BCUT2D eigenvalue weighted by Gasteiger charge is 2.17. The first kappa shape index (κ1) is 14.7. The third kappa shape index (κ3) is 3.46. The second-order valence-electron chi connectivity index (χ2n) is 3.58. The van der Waals surface area contributed by atoms with E-state index >= 15 is 0 Å². The van der Waals surface area contributed by atoms with Crippen molar-refractivity contribution in [2.45, 2.75) is 10.8 Å². The molecule has 0 aliphatic heterocycles. The van der Waals surface area contributed by atoms with Crippen molar-refractivity contribution in [3.05, 3.63) is 51.1 Å². The van der Waals surface area contributed by atoms with Crippen LogP contribution < -0.4 is 4.72 Å². The summed E-state index contributed by atoms with van der Waals surface area (Å²) in [5.74, 6) is -0.556. The van der Waals surface area contributed by atoms with Crippen LogP contribution in [0.15, 0.2) is 34.5 Å². The van der Waals surface area contributed by atoms with Gasteiger partial charge in [-0.1, -0.05) is 29.3 Å². The van der Waals surface area contributed by atoms with Crippen LogP contribution in [0, 0.1) is 5.82 Å². The molecule has 0 aliphatic carbocycles. The summed E-state index contributed by atoms with van der Waals surface area (Å²) in [4.78, 5) is 0. The number of halogens is 3. The van der Waals surface area contributed by atoms with Gasteiger partial charge in [0.2, 0.25) is 10.0 Å². The lowest BCUT2D eigenvalue weighted by atomic mass is 10.2. The first-order chi connectivity index (χ1) is 8.90. The number of hydrogen-bond donors (Lipinski definition) is 1. The summed E-state index contributed by atoms with van der Waals surface area (Å²) in [6, 6.07) is 7.04. The van der Waals surface area contributed by atoms with Gasteiger partial charge in [-0.25, -0.2) is 17.5 Å². The van der Waals surface area contributed by atoms with Gasteiger partial charge in [0.25, 0.3) is 0 Å². The molecule has 0 saturated carbocycles. The number of sulfonamides is 1. The van der Waals surface area contributed by atoms with E-state index in [2.05, 4.69) is 4.72 Å². The summed E-state index contributed by atoms with van der Waals surface area (Å²) in [6.07, 6.45) is 0. The summed E-state index contributed by atoms with van der Waals surface area (Å²) >= 11 is 12.4. The Kier molecular flexibility index (Phi) is 4.47. The lowest BCUT2D eigenvalue weighted by Gasteiger charge is -2.07. The van der Waals surface area contributed by atoms with Gasteiger partial charge in [0.15, 0.2) is 0 Å². The van der Waals surface area contributed by atoms with Gasteiger partial charge in [-0.2, -0.15) is 0 Å². The van der Waals surface area contributed by atoms with E-state index < -0.39 is 15.8 Å². The Hall–Kier alpha value is -0.660. The van der Waals surface area contributed by atoms with E-state index in [0.717, 1.165) is 11.3 Å². The Morgan fingerprint density at radius 1 is 1.21 bits per heavy atom. The highest BCUT2D eigenvalue weighted by Crippen LogP contribution is 2.26. The van der Waals surface area contributed by atoms with E-state index in [0.29, 0.717) is 4.34 Å². The Bertz CT molecular complexity index is 680. The highest BCUT2D eigenvalue weighted by atomic mass is 35.5. The van der Waals surface area contributed by atoms with Gasteiger partial charge < -0.3 is 0 Å². The van der Waals surface area contributed by atoms with Gasteiger partial charge in [-0.05, 0) is 24.3 Å². The molecule has 0 saturated heterocycles. The topological polar surface area (TPSA) is 46.2 Å². The molecule has 0 radical (unpaired) electrons. The smallest absolute Gasteiger partial charge is 0.207 e. The Morgan fingerprint density at radius 2 is 1.95 bits per heavy atom. The normalized spacial score (nSPS) is 11.7. The van der Waals surface area contributed by atoms with Crippen LogP contribution in [-0.4, -0.2) is 8.42 Å². The number of hydrogen-bond acceptors (Lipinski definition) is 3. The summed E-state index contributed by atoms with van der Waals surface area (Å²) in [5, 5.41) is 0.173. The molecule has 1 heterocycles. The van der Waals surface area contributed by atoms with Crippen molar-refractivity contribution in [3.8, 4) is 0 Å². The van der Waals surface area contributed by atoms with Crippen molar-refractivity contribution in [1.82, 2.24) is 4.72 Å². The van der Waals surface area contributed by atoms with Crippen molar-refractivity contribution in [2.24, 2.45) is 0 Å². The van der Waals surface area contributed by atoms with Crippen molar-refractivity contribution in [2.75, 3.05) is 0 Å². The largest absolute Gasteiger partial charge is 0.250 e. The maximum absolute atomic E-state index is 13.5. The molecule has 0 amide bonds. The van der Waals surface area contributed by atoms with E-state index in [1.807, 2.05) is 0 Å². The molecule has 1 N–H and O–H groups in total. The van der Waals surface area contributed by atoms with Gasteiger partial charge in [0, 0.05) is 17.1 Å². The molecule has 0 bridgehead atoms. The SMILES string of the molecule is O=S(=O)(NCc1c(F)cccc1Cl)c1ccc(Cl)s1. The standard InChI is InChI=1S/C11H8Cl2FNO2S2/c12-8-2-1-3-9(14)7(8)6-15-19(16,17)11-5-4-10(13)18-11/h1-5,15H,6H2. The zero-order chi connectivity index (χ0) is 14.0. The first-order valence-corrected chi connectivity index (χ1v) is 8.13. The summed E-state index contributed by atoms with van der Waals surface area (Å²) in [7, 11) is -3.71. The van der Waals surface area contributed by atoms with Crippen LogP contribution in [0.1, 0.15) is 5.56 Å². The molecule has 0 spiro atoms. The fraction of sp³-hybridized carbons (Fsp3) is 0.0909. The highest BCUT2D eigenvalue weighted by molar-refractivity contribution is 7.91. The average Bonchev–Trinajstić information content (AvgIpc) is 2.76. The molecule has 2 rings (SSSR count). The summed E-state index contributed by atoms with van der Waals surface area (Å²) in [6.45, 7) is -0.219. The van der Waals surface area contributed by atoms with E-state index in [1.54, 1.807) is 0 Å². The number of thiophene rings is 1. The van der Waals surface area contributed by atoms with Gasteiger partial charge in [-0.3, -0.25) is 0 Å². The molecule has 19 heavy (non-hydrogen) atoms. The quantitative estimate of drug-likeness (QED) is 0.923. The van der Waals surface area contributed by atoms with Crippen LogP contribution in [0.5, 0.6) is 0 Å². The van der Waals surface area contributed by atoms with E-state index in [1.165, 1.54) is 30.3 Å². The summed E-state index contributed by atoms with van der Waals surface area (Å²) < 4.78 is 40.1. The molecule has 0 unspecified atom stereocenters. The Balaban J connectivity index is 2.19. The number of nitrogens with one attached hydrogen (secondary N) is 1. The Morgan fingerprint density at radius 3 is 2.53 bits per heavy atom. The van der Waals surface area contributed by atoms with Crippen molar-refractivity contribution >= 4 is 44.6 Å². The maximum atomic E-state index is 13.5. The van der Waals surface area contributed by atoms with Crippen LogP contribution in [0.25, 0.3) is 0 Å². The molecule has 8 heteroatoms. The molecule has 102 valence electrons. The summed E-state index contributed by atoms with van der Waals surface area (Å²) in [5.41, 5.74) is 0.107. The van der Waals surface area contributed by atoms with Crippen LogP contribution in [0.2, 0.25) is 9.36 Å². The third-order valence-corrected chi connectivity index (χ3v) is 5.79. The first-order valence-electron chi connectivity index (χ1n) is 5.08. The fourth-order valence-electron chi connectivity index (χ4n) is 1.38. The lowest BCUT2D eigenvalue weighted by molar-refractivity contribution is 0.576. The average molecular weight is 340 g/mol. The van der Waals surface area contributed by atoms with E-state index in [4.69, 9.17) is 23.2 Å². The minimum atomic E-state index is -3.71. The fourth-order valence-corrected chi connectivity index (χ4v) is 4.13. The van der Waals surface area contributed by atoms with Gasteiger partial charge in [-0.15, -0.1) is 11.3 Å². The minimum Gasteiger partial charge on any atom is -0.207 e. The molecule has 3 nitrogen and oxygen atoms in total. The second kappa shape index (κ2) is 5.76. The second-order valence-corrected chi connectivity index (χ2v) is 7.70. The van der Waals surface area contributed by atoms with Gasteiger partial charge in [0.05, 0.1) is 4.34 Å². The van der Waals surface area contributed by atoms with Crippen LogP contribution >= 0.6 is 34.5 Å². The van der Waals surface area contributed by atoms with Crippen LogP contribution in [0.4, 0.5) is 4.39 Å². The van der Waals surface area contributed by atoms with E-state index in [9.17, 15) is 12.8 Å². The molecule has 1 aromatic heterocycles. The zero-order valence-corrected chi connectivity index (χ0v) is 12.5. The van der Waals surface area contributed by atoms with Crippen molar-refractivity contribution in [3.63, 3.8) is 0 Å². The zero-order valence-electron chi connectivity index (χ0n) is 9.36. The van der Waals surface area contributed by atoms with E-state index in [-0.39, 0.29) is 21.3 Å². The predicted molar refractivity (Wildman–Crippen MR) is 74.8 cm³/mol. The monoisotopic (exact) mass is 339 g/mol. The van der Waals surface area contributed by atoms with Gasteiger partial charge >= 0.3 is 0 Å². The molecule has 0 fully saturated rings. The van der Waals surface area contributed by atoms with Crippen molar-refractivity contribution in [1.29, 1.82) is 0 Å². The molecule has 2 aromatic rings.